The van der Waals surface area contributed by atoms with E-state index in [2.05, 4.69) is 22.5 Å². The van der Waals surface area contributed by atoms with Crippen LogP contribution in [0.4, 0.5) is 4.79 Å². The third-order valence-corrected chi connectivity index (χ3v) is 2.30. The van der Waals surface area contributed by atoms with E-state index < -0.39 is 0 Å². The summed E-state index contributed by atoms with van der Waals surface area (Å²) in [6, 6.07) is 3.52. The van der Waals surface area contributed by atoms with Crippen LogP contribution in [0.2, 0.25) is 0 Å². The van der Waals surface area contributed by atoms with Crippen molar-refractivity contribution in [3.05, 3.63) is 23.9 Å². The fourth-order valence-electron chi connectivity index (χ4n) is 1.36. The zero-order chi connectivity index (χ0) is 12.5. The van der Waals surface area contributed by atoms with Gasteiger partial charge in [0, 0.05) is 24.8 Å². The Labute approximate surface area is 102 Å². The third-order valence-electron chi connectivity index (χ3n) is 2.30. The number of methoxy groups -OCH3 is 1. The van der Waals surface area contributed by atoms with Gasteiger partial charge >= 0.3 is 6.03 Å². The van der Waals surface area contributed by atoms with Gasteiger partial charge in [0.15, 0.2) is 0 Å². The quantitative estimate of drug-likeness (QED) is 0.740. The van der Waals surface area contributed by atoms with E-state index >= 15 is 0 Å². The van der Waals surface area contributed by atoms with Crippen molar-refractivity contribution < 1.29 is 9.53 Å². The normalized spacial score (nSPS) is 9.76. The summed E-state index contributed by atoms with van der Waals surface area (Å²) in [5, 5.41) is 5.54. The average Bonchev–Trinajstić information content (AvgIpc) is 2.37. The summed E-state index contributed by atoms with van der Waals surface area (Å²) in [4.78, 5) is 15.5. The fraction of sp³-hybridized carbons (Fsp3) is 0.500. The maximum Gasteiger partial charge on any atom is 0.315 e. The minimum atomic E-state index is -0.163. The number of hydrogen-bond acceptors (Lipinski definition) is 3. The number of amides is 2. The Balaban J connectivity index is 2.36. The number of unbranched alkanes of at least 4 members (excludes halogenated alkanes) is 1. The lowest BCUT2D eigenvalue weighted by molar-refractivity contribution is 0.240. The van der Waals surface area contributed by atoms with Gasteiger partial charge in [0.25, 0.3) is 0 Å². The Morgan fingerprint density at radius 1 is 1.47 bits per heavy atom. The van der Waals surface area contributed by atoms with Crippen molar-refractivity contribution in [2.24, 2.45) is 0 Å². The van der Waals surface area contributed by atoms with Gasteiger partial charge in [0.1, 0.15) is 0 Å². The number of pyridine rings is 1. The Morgan fingerprint density at radius 2 is 2.29 bits per heavy atom. The maximum absolute atomic E-state index is 11.4. The highest BCUT2D eigenvalue weighted by Gasteiger charge is 2.04. The zero-order valence-electron chi connectivity index (χ0n) is 10.3. The molecule has 2 amide bonds. The van der Waals surface area contributed by atoms with E-state index in [-0.39, 0.29) is 6.03 Å². The first-order valence-electron chi connectivity index (χ1n) is 5.77. The van der Waals surface area contributed by atoms with Crippen LogP contribution in [0.1, 0.15) is 25.3 Å². The predicted octanol–water partition coefficient (Wildman–Crippen LogP) is 1.69. The van der Waals surface area contributed by atoms with E-state index in [9.17, 15) is 4.79 Å². The van der Waals surface area contributed by atoms with E-state index in [1.165, 1.54) is 0 Å². The molecule has 0 atom stereocenters. The molecule has 0 aliphatic heterocycles. The van der Waals surface area contributed by atoms with Crippen LogP contribution in [0.3, 0.4) is 0 Å². The van der Waals surface area contributed by atoms with Crippen LogP contribution in [0.15, 0.2) is 18.3 Å². The molecule has 0 fully saturated rings. The first-order valence-corrected chi connectivity index (χ1v) is 5.77. The average molecular weight is 237 g/mol. The monoisotopic (exact) mass is 237 g/mol. The minimum Gasteiger partial charge on any atom is -0.481 e. The zero-order valence-corrected chi connectivity index (χ0v) is 10.3. The smallest absolute Gasteiger partial charge is 0.315 e. The van der Waals surface area contributed by atoms with Gasteiger partial charge < -0.3 is 15.4 Å². The van der Waals surface area contributed by atoms with Crippen molar-refractivity contribution in [1.82, 2.24) is 15.6 Å². The first kappa shape index (κ1) is 13.3. The molecule has 0 bridgehead atoms. The largest absolute Gasteiger partial charge is 0.481 e. The molecular formula is C12H19N3O2. The minimum absolute atomic E-state index is 0.163. The molecule has 0 aliphatic rings. The van der Waals surface area contributed by atoms with Gasteiger partial charge in [-0.25, -0.2) is 9.78 Å². The molecule has 17 heavy (non-hydrogen) atoms. The highest BCUT2D eigenvalue weighted by atomic mass is 16.5. The van der Waals surface area contributed by atoms with Crippen LogP contribution < -0.4 is 15.4 Å². The lowest BCUT2D eigenvalue weighted by atomic mass is 10.2. The third kappa shape index (κ3) is 4.72. The number of ether oxygens (including phenoxy) is 1. The van der Waals surface area contributed by atoms with E-state index in [1.54, 1.807) is 13.3 Å². The van der Waals surface area contributed by atoms with Crippen molar-refractivity contribution >= 4 is 6.03 Å². The second-order valence-electron chi connectivity index (χ2n) is 3.63. The Bertz CT molecular complexity index is 355. The van der Waals surface area contributed by atoms with Gasteiger partial charge in [-0.3, -0.25) is 0 Å². The summed E-state index contributed by atoms with van der Waals surface area (Å²) in [5.74, 6) is 0.543. The maximum atomic E-state index is 11.4. The Morgan fingerprint density at radius 3 is 3.00 bits per heavy atom. The van der Waals surface area contributed by atoms with E-state index in [0.29, 0.717) is 19.0 Å². The summed E-state index contributed by atoms with van der Waals surface area (Å²) < 4.78 is 5.09. The predicted molar refractivity (Wildman–Crippen MR) is 65.9 cm³/mol. The van der Waals surface area contributed by atoms with Crippen molar-refractivity contribution in [3.8, 4) is 5.88 Å². The second kappa shape index (κ2) is 7.49. The molecule has 0 saturated carbocycles. The molecule has 5 nitrogen and oxygen atoms in total. The van der Waals surface area contributed by atoms with E-state index in [0.717, 1.165) is 18.4 Å². The molecular weight excluding hydrogens is 218 g/mol. The summed E-state index contributed by atoms with van der Waals surface area (Å²) >= 11 is 0. The van der Waals surface area contributed by atoms with Crippen LogP contribution >= 0.6 is 0 Å². The summed E-state index contributed by atoms with van der Waals surface area (Å²) in [6.07, 6.45) is 3.71. The molecule has 2 N–H and O–H groups in total. The molecule has 0 unspecified atom stereocenters. The number of aromatic nitrogens is 1. The number of carbonyl (C=O) groups excluding carboxylic acids is 1. The van der Waals surface area contributed by atoms with Crippen molar-refractivity contribution in [3.63, 3.8) is 0 Å². The molecule has 1 aromatic rings. The number of nitrogens with zero attached hydrogens (tertiary/aromatic N) is 1. The van der Waals surface area contributed by atoms with E-state index in [1.807, 2.05) is 12.1 Å². The van der Waals surface area contributed by atoms with Gasteiger partial charge in [0.05, 0.1) is 7.11 Å². The van der Waals surface area contributed by atoms with Crippen LogP contribution in [-0.2, 0) is 6.54 Å². The van der Waals surface area contributed by atoms with Crippen LogP contribution in [-0.4, -0.2) is 24.7 Å². The van der Waals surface area contributed by atoms with Crippen LogP contribution in [0, 0.1) is 0 Å². The first-order chi connectivity index (χ1) is 8.27. The standard InChI is InChI=1S/C12H19N3O2/c1-3-4-7-14-12(16)15-9-10-6-5-8-13-11(10)17-2/h5-6,8H,3-4,7,9H2,1-2H3,(H2,14,15,16). The van der Waals surface area contributed by atoms with Crippen molar-refractivity contribution in [2.45, 2.75) is 26.3 Å². The lowest BCUT2D eigenvalue weighted by Gasteiger charge is -2.09. The van der Waals surface area contributed by atoms with Crippen molar-refractivity contribution in [2.75, 3.05) is 13.7 Å². The molecule has 0 aromatic carbocycles. The Kier molecular flexibility index (Phi) is 5.85. The second-order valence-corrected chi connectivity index (χ2v) is 3.63. The summed E-state index contributed by atoms with van der Waals surface area (Å²) in [5.41, 5.74) is 0.862. The molecule has 94 valence electrons. The van der Waals surface area contributed by atoms with Gasteiger partial charge in [0.2, 0.25) is 5.88 Å². The van der Waals surface area contributed by atoms with Gasteiger partial charge in [-0.2, -0.15) is 0 Å². The van der Waals surface area contributed by atoms with Gasteiger partial charge in [-0.15, -0.1) is 0 Å². The highest BCUT2D eigenvalue weighted by Crippen LogP contribution is 2.12. The molecule has 1 rings (SSSR count). The number of nitrogens with one attached hydrogen (secondary N) is 2. The van der Waals surface area contributed by atoms with Crippen molar-refractivity contribution in [1.29, 1.82) is 0 Å². The van der Waals surface area contributed by atoms with Gasteiger partial charge in [-0.1, -0.05) is 19.4 Å². The van der Waals surface area contributed by atoms with E-state index in [4.69, 9.17) is 4.74 Å². The fourth-order valence-corrected chi connectivity index (χ4v) is 1.36. The topological polar surface area (TPSA) is 63.2 Å². The van der Waals surface area contributed by atoms with Crippen LogP contribution in [0.25, 0.3) is 0 Å². The molecule has 0 spiro atoms. The number of carbonyl (C=O) groups is 1. The molecule has 1 aromatic heterocycles. The SMILES string of the molecule is CCCCNC(=O)NCc1cccnc1OC. The molecule has 1 heterocycles. The lowest BCUT2D eigenvalue weighted by Crippen LogP contribution is -2.35. The molecule has 0 radical (unpaired) electrons. The molecule has 0 saturated heterocycles. The van der Waals surface area contributed by atoms with Gasteiger partial charge in [-0.05, 0) is 12.5 Å². The summed E-state index contributed by atoms with van der Waals surface area (Å²) in [6.45, 7) is 3.20. The molecule has 0 aliphatic carbocycles. The number of hydrogen-bond donors (Lipinski definition) is 2. The Hall–Kier alpha value is -1.78. The number of urea groups is 1. The summed E-state index contributed by atoms with van der Waals surface area (Å²) in [7, 11) is 1.56. The number of rotatable bonds is 6. The van der Waals surface area contributed by atoms with Crippen LogP contribution in [0.5, 0.6) is 5.88 Å². The molecule has 5 heteroatoms. The highest BCUT2D eigenvalue weighted by molar-refractivity contribution is 5.73.